The van der Waals surface area contributed by atoms with E-state index in [1.807, 2.05) is 0 Å². The van der Waals surface area contributed by atoms with Crippen molar-refractivity contribution >= 4 is 15.9 Å². The Bertz CT molecular complexity index is 732. The molecule has 1 amide bonds. The van der Waals surface area contributed by atoms with Gasteiger partial charge >= 0.3 is 0 Å². The van der Waals surface area contributed by atoms with E-state index in [1.54, 1.807) is 4.90 Å². The lowest BCUT2D eigenvalue weighted by atomic mass is 9.52. The molecule has 4 bridgehead atoms. The normalized spacial score (nSPS) is 41.4. The Morgan fingerprint density at radius 2 is 1.96 bits per heavy atom. The topological polar surface area (TPSA) is 128 Å². The van der Waals surface area contributed by atoms with Gasteiger partial charge in [-0.25, -0.2) is 8.42 Å². The molecule has 144 valence electrons. The van der Waals surface area contributed by atoms with Gasteiger partial charge in [0.2, 0.25) is 15.9 Å². The number of rotatable bonds is 5. The van der Waals surface area contributed by atoms with Gasteiger partial charge in [0.15, 0.2) is 0 Å². The number of hydrogen-bond donors (Lipinski definition) is 3. The van der Waals surface area contributed by atoms with Gasteiger partial charge in [-0.3, -0.25) is 10.6 Å². The lowest BCUT2D eigenvalue weighted by Gasteiger charge is -2.61. The fourth-order valence-corrected chi connectivity index (χ4v) is 8.02. The number of carbonyl (C=O) groups is 1. The number of hydrogen-bond acceptors (Lipinski definition) is 6. The van der Waals surface area contributed by atoms with E-state index in [-0.39, 0.29) is 24.0 Å². The number of hydrazine groups is 1. The smallest absolute Gasteiger partial charge is 0.237 e. The predicted octanol–water partition coefficient (Wildman–Crippen LogP) is -0.0249. The molecule has 26 heavy (non-hydrogen) atoms. The summed E-state index contributed by atoms with van der Waals surface area (Å²) in [4.78, 5) is 16.3. The van der Waals surface area contributed by atoms with Gasteiger partial charge in [-0.05, 0) is 63.2 Å². The molecular formula is C17H27N5O3S. The fraction of sp³-hybridized carbons (Fsp3) is 0.882. The summed E-state index contributed by atoms with van der Waals surface area (Å²) in [5.41, 5.74) is -0.314. The second kappa shape index (κ2) is 6.16. The van der Waals surface area contributed by atoms with Crippen LogP contribution in [0.25, 0.3) is 0 Å². The Balaban J connectivity index is 1.50. The molecule has 5 aliphatic rings. The van der Waals surface area contributed by atoms with Crippen molar-refractivity contribution < 1.29 is 13.2 Å². The lowest BCUT2D eigenvalue weighted by molar-refractivity contribution is -0.131. The molecule has 4 aliphatic carbocycles. The average molecular weight is 382 g/mol. The molecule has 3 atom stereocenters. The summed E-state index contributed by atoms with van der Waals surface area (Å²) in [6, 6.07) is 1.87. The molecule has 5 rings (SSSR count). The van der Waals surface area contributed by atoms with Crippen molar-refractivity contribution in [1.29, 1.82) is 5.26 Å². The molecule has 0 aromatic carbocycles. The van der Waals surface area contributed by atoms with Gasteiger partial charge in [-0.15, -0.1) is 0 Å². The number of carbonyl (C=O) groups excluding carboxylic acids is 1. The first kappa shape index (κ1) is 18.2. The Morgan fingerprint density at radius 1 is 1.27 bits per heavy atom. The minimum absolute atomic E-state index is 0.0568. The maximum Gasteiger partial charge on any atom is 0.237 e. The summed E-state index contributed by atoms with van der Waals surface area (Å²) in [7, 11) is -3.57. The second-order valence-electron chi connectivity index (χ2n) is 8.77. The zero-order chi connectivity index (χ0) is 18.6. The van der Waals surface area contributed by atoms with Crippen molar-refractivity contribution in [2.75, 3.05) is 13.1 Å². The van der Waals surface area contributed by atoms with E-state index in [2.05, 4.69) is 16.2 Å². The van der Waals surface area contributed by atoms with Gasteiger partial charge in [0.1, 0.15) is 6.04 Å². The van der Waals surface area contributed by atoms with Gasteiger partial charge in [0.25, 0.3) is 0 Å². The number of amides is 1. The largest absolute Gasteiger partial charge is 0.326 e. The summed E-state index contributed by atoms with van der Waals surface area (Å²) < 4.78 is 24.5. The third-order valence-electron chi connectivity index (χ3n) is 7.07. The number of nitrogens with one attached hydrogen (secondary N) is 2. The van der Waals surface area contributed by atoms with Crippen LogP contribution in [0, 0.1) is 23.2 Å². The van der Waals surface area contributed by atoms with Crippen LogP contribution < -0.4 is 16.0 Å². The molecule has 2 unspecified atom stereocenters. The number of likely N-dealkylation sites (tertiary alicyclic amines) is 1. The molecule has 4 N–H and O–H groups in total. The van der Waals surface area contributed by atoms with E-state index < -0.39 is 14.8 Å². The van der Waals surface area contributed by atoms with Crippen LogP contribution in [0.15, 0.2) is 0 Å². The molecular weight excluding hydrogens is 354 g/mol. The summed E-state index contributed by atoms with van der Waals surface area (Å²) in [6.45, 7) is 0.802. The maximum atomic E-state index is 12.6. The quantitative estimate of drug-likeness (QED) is 0.453. The minimum Gasteiger partial charge on any atom is -0.326 e. The molecule has 0 radical (unpaired) electrons. The standard InChI is InChI=1S/C17H27N5O3S/c18-9-14-2-1-3-22(14)15(23)10-20-16-5-12-4-13(6-16)8-17(7-12,11-16)26(24,25)21-19/h12-14,20-21H,1-8,10-11,19H2/t12?,13?,14-,16?,17?/m0/s1. The Kier molecular flexibility index (Phi) is 4.30. The van der Waals surface area contributed by atoms with Crippen LogP contribution in [0.3, 0.4) is 0 Å². The summed E-state index contributed by atoms with van der Waals surface area (Å²) in [6.07, 6.45) is 6.34. The van der Waals surface area contributed by atoms with Crippen LogP contribution >= 0.6 is 0 Å². The highest BCUT2D eigenvalue weighted by Crippen LogP contribution is 2.59. The molecule has 0 spiro atoms. The van der Waals surface area contributed by atoms with E-state index in [0.29, 0.717) is 37.6 Å². The fourth-order valence-electron chi connectivity index (χ4n) is 6.39. The van der Waals surface area contributed by atoms with Crippen LogP contribution in [-0.4, -0.2) is 48.6 Å². The average Bonchev–Trinajstić information content (AvgIpc) is 3.07. The van der Waals surface area contributed by atoms with Crippen LogP contribution in [0.1, 0.15) is 51.4 Å². The Hall–Kier alpha value is -1.21. The van der Waals surface area contributed by atoms with Crippen molar-refractivity contribution in [1.82, 2.24) is 15.0 Å². The minimum atomic E-state index is -3.57. The van der Waals surface area contributed by atoms with Gasteiger partial charge in [0, 0.05) is 12.1 Å². The molecule has 9 heteroatoms. The Morgan fingerprint density at radius 3 is 2.58 bits per heavy atom. The highest BCUT2D eigenvalue weighted by atomic mass is 32.2. The molecule has 0 aromatic heterocycles. The number of sulfonamides is 1. The zero-order valence-corrected chi connectivity index (χ0v) is 15.7. The first-order valence-electron chi connectivity index (χ1n) is 9.48. The first-order valence-corrected chi connectivity index (χ1v) is 11.0. The predicted molar refractivity (Wildman–Crippen MR) is 94.7 cm³/mol. The van der Waals surface area contributed by atoms with Crippen molar-refractivity contribution in [3.63, 3.8) is 0 Å². The van der Waals surface area contributed by atoms with Crippen LogP contribution in [0.2, 0.25) is 0 Å². The van der Waals surface area contributed by atoms with Crippen LogP contribution in [0.4, 0.5) is 0 Å². The van der Waals surface area contributed by atoms with E-state index in [1.165, 1.54) is 0 Å². The molecule has 1 heterocycles. The summed E-state index contributed by atoms with van der Waals surface area (Å²) >= 11 is 0. The molecule has 4 saturated carbocycles. The highest BCUT2D eigenvalue weighted by Gasteiger charge is 2.62. The second-order valence-corrected chi connectivity index (χ2v) is 10.9. The molecule has 0 aromatic rings. The number of nitrogens with two attached hydrogens (primary N) is 1. The monoisotopic (exact) mass is 381 g/mol. The van der Waals surface area contributed by atoms with Crippen LogP contribution in [0.5, 0.6) is 0 Å². The molecule has 1 saturated heterocycles. The van der Waals surface area contributed by atoms with E-state index >= 15 is 0 Å². The zero-order valence-electron chi connectivity index (χ0n) is 14.9. The van der Waals surface area contributed by atoms with Gasteiger partial charge in [0.05, 0.1) is 17.4 Å². The first-order chi connectivity index (χ1) is 12.3. The third-order valence-corrected chi connectivity index (χ3v) is 9.00. The van der Waals surface area contributed by atoms with Crippen LogP contribution in [-0.2, 0) is 14.8 Å². The highest BCUT2D eigenvalue weighted by molar-refractivity contribution is 7.90. The van der Waals surface area contributed by atoms with Crippen molar-refractivity contribution in [3.8, 4) is 6.07 Å². The molecule has 5 fully saturated rings. The summed E-state index contributed by atoms with van der Waals surface area (Å²) in [5.74, 6) is 6.02. The maximum absolute atomic E-state index is 12.6. The van der Waals surface area contributed by atoms with Crippen molar-refractivity contribution in [3.05, 3.63) is 0 Å². The van der Waals surface area contributed by atoms with Gasteiger partial charge in [-0.2, -0.15) is 10.1 Å². The van der Waals surface area contributed by atoms with E-state index in [4.69, 9.17) is 5.84 Å². The number of nitriles is 1. The molecule has 8 nitrogen and oxygen atoms in total. The van der Waals surface area contributed by atoms with E-state index in [0.717, 1.165) is 32.1 Å². The van der Waals surface area contributed by atoms with Gasteiger partial charge < -0.3 is 10.2 Å². The lowest BCUT2D eigenvalue weighted by Crippen LogP contribution is -2.69. The third kappa shape index (κ3) is 2.74. The van der Waals surface area contributed by atoms with Gasteiger partial charge in [-0.1, -0.05) is 0 Å². The molecule has 1 aliphatic heterocycles. The van der Waals surface area contributed by atoms with Crippen molar-refractivity contribution in [2.24, 2.45) is 17.7 Å². The summed E-state index contributed by atoms with van der Waals surface area (Å²) in [5, 5.41) is 12.6. The Labute approximate surface area is 154 Å². The van der Waals surface area contributed by atoms with Crippen molar-refractivity contribution in [2.45, 2.75) is 67.7 Å². The number of nitrogens with zero attached hydrogens (tertiary/aromatic N) is 2. The SMILES string of the molecule is N#C[C@@H]1CCCN1C(=O)CNC12CC3CC(C1)CC(S(=O)(=O)NN)(C3)C2. The van der Waals surface area contributed by atoms with E-state index in [9.17, 15) is 18.5 Å².